The number of hydrogen-bond acceptors (Lipinski definition) is 4. The van der Waals surface area contributed by atoms with Gasteiger partial charge in [-0.1, -0.05) is 6.92 Å². The second kappa shape index (κ2) is 3.82. The van der Waals surface area contributed by atoms with Gasteiger partial charge in [0.1, 0.15) is 11.4 Å². The third kappa shape index (κ3) is 3.48. The predicted molar refractivity (Wildman–Crippen MR) is 39.1 cm³/mol. The molecule has 1 atom stereocenters. The summed E-state index contributed by atoms with van der Waals surface area (Å²) in [5.74, 6) is -0.715. The maximum Gasteiger partial charge on any atom is 0.324 e. The van der Waals surface area contributed by atoms with Crippen LogP contribution in [0.5, 0.6) is 0 Å². The maximum atomic E-state index is 10.9. The summed E-state index contributed by atoms with van der Waals surface area (Å²) in [6.45, 7) is 5.04. The molecular weight excluding hydrogens is 168 g/mol. The molecule has 0 saturated heterocycles. The van der Waals surface area contributed by atoms with E-state index in [2.05, 4.69) is 4.18 Å². The van der Waals surface area contributed by atoms with Crippen LogP contribution in [0.3, 0.4) is 0 Å². The van der Waals surface area contributed by atoms with Crippen molar-refractivity contribution in [2.45, 2.75) is 27.2 Å². The lowest BCUT2D eigenvalue weighted by atomic mass is 9.91. The normalized spacial score (nSPS) is 14.2. The molecule has 0 aromatic heterocycles. The molecule has 5 heteroatoms. The fraction of sp³-hybridized carbons (Fsp3) is 0.833. The van der Waals surface area contributed by atoms with Crippen molar-refractivity contribution < 1.29 is 17.7 Å². The van der Waals surface area contributed by atoms with Gasteiger partial charge in [-0.25, -0.2) is 4.21 Å². The molecule has 0 heterocycles. The molecule has 0 aromatic carbocycles. The van der Waals surface area contributed by atoms with Crippen LogP contribution in [0.15, 0.2) is 0 Å². The molecule has 0 aliphatic rings. The molecule has 0 bridgehead atoms. The van der Waals surface area contributed by atoms with E-state index in [1.807, 2.05) is 0 Å². The Kier molecular flexibility index (Phi) is 3.68. The number of hydrogen-bond donors (Lipinski definition) is 0. The van der Waals surface area contributed by atoms with E-state index < -0.39 is 22.7 Å². The Morgan fingerprint density at radius 3 is 2.36 bits per heavy atom. The van der Waals surface area contributed by atoms with Crippen LogP contribution in [0.4, 0.5) is 0 Å². The summed E-state index contributed by atoms with van der Waals surface area (Å²) in [7, 11) is 0. The molecule has 0 rings (SSSR count). The molecule has 0 amide bonds. The molecular formula is C6H11O4S-. The molecule has 0 aliphatic carbocycles. The lowest BCUT2D eigenvalue weighted by molar-refractivity contribution is -0.143. The SMILES string of the molecule is CCC(C)(C)C(=O)OS(=O)[O-]. The molecule has 66 valence electrons. The quantitative estimate of drug-likeness (QED) is 0.600. The molecule has 1 unspecified atom stereocenters. The lowest BCUT2D eigenvalue weighted by Crippen LogP contribution is -2.26. The van der Waals surface area contributed by atoms with Crippen molar-refractivity contribution in [2.24, 2.45) is 5.41 Å². The standard InChI is InChI=1S/C6H12O4S/c1-4-6(2,3)5(7)10-11(8)9/h4H2,1-3H3,(H,8,9)/p-1. The summed E-state index contributed by atoms with van der Waals surface area (Å²) in [4.78, 5) is 10.9. The Morgan fingerprint density at radius 1 is 1.64 bits per heavy atom. The summed E-state index contributed by atoms with van der Waals surface area (Å²) in [5.41, 5.74) is -0.722. The first-order valence-electron chi connectivity index (χ1n) is 3.22. The second-order valence-electron chi connectivity index (χ2n) is 2.81. The van der Waals surface area contributed by atoms with Crippen molar-refractivity contribution in [3.63, 3.8) is 0 Å². The van der Waals surface area contributed by atoms with E-state index >= 15 is 0 Å². The topological polar surface area (TPSA) is 66.4 Å². The van der Waals surface area contributed by atoms with Gasteiger partial charge in [-0.2, -0.15) is 0 Å². The summed E-state index contributed by atoms with van der Waals surface area (Å²) in [6.07, 6.45) is 0.545. The van der Waals surface area contributed by atoms with Crippen molar-refractivity contribution in [1.82, 2.24) is 0 Å². The zero-order valence-electron chi connectivity index (χ0n) is 6.75. The predicted octanol–water partition coefficient (Wildman–Crippen LogP) is 0.760. The molecule has 0 radical (unpaired) electrons. The van der Waals surface area contributed by atoms with Gasteiger partial charge in [0, 0.05) is 0 Å². The summed E-state index contributed by atoms with van der Waals surface area (Å²) in [6, 6.07) is 0. The zero-order valence-corrected chi connectivity index (χ0v) is 7.56. The van der Waals surface area contributed by atoms with Crippen LogP contribution in [0.1, 0.15) is 27.2 Å². The first kappa shape index (κ1) is 10.6. The van der Waals surface area contributed by atoms with Crippen molar-refractivity contribution in [1.29, 1.82) is 0 Å². The monoisotopic (exact) mass is 179 g/mol. The minimum absolute atomic E-state index is 0.545. The first-order chi connectivity index (χ1) is 4.90. The third-order valence-corrected chi connectivity index (χ3v) is 1.87. The molecule has 0 fully saturated rings. The minimum atomic E-state index is -2.74. The van der Waals surface area contributed by atoms with E-state index in [9.17, 15) is 13.6 Å². The summed E-state index contributed by atoms with van der Waals surface area (Å²) >= 11 is -2.74. The van der Waals surface area contributed by atoms with Gasteiger partial charge in [0.25, 0.3) is 0 Å². The van der Waals surface area contributed by atoms with Crippen molar-refractivity contribution in [2.75, 3.05) is 0 Å². The highest BCUT2D eigenvalue weighted by atomic mass is 32.2. The first-order valence-corrected chi connectivity index (χ1v) is 4.22. The van der Waals surface area contributed by atoms with Crippen LogP contribution in [-0.4, -0.2) is 14.7 Å². The number of rotatable bonds is 3. The van der Waals surface area contributed by atoms with Crippen LogP contribution >= 0.6 is 0 Å². The van der Waals surface area contributed by atoms with E-state index in [4.69, 9.17) is 0 Å². The highest BCUT2D eigenvalue weighted by Crippen LogP contribution is 2.21. The van der Waals surface area contributed by atoms with E-state index in [1.165, 1.54) is 0 Å². The lowest BCUT2D eigenvalue weighted by Gasteiger charge is -2.20. The molecule has 0 spiro atoms. The fourth-order valence-corrected chi connectivity index (χ4v) is 0.668. The number of carbonyl (C=O) groups is 1. The molecule has 0 saturated carbocycles. The zero-order chi connectivity index (χ0) is 9.07. The highest BCUT2D eigenvalue weighted by molar-refractivity contribution is 7.74. The van der Waals surface area contributed by atoms with Gasteiger partial charge < -0.3 is 8.74 Å². The molecule has 4 nitrogen and oxygen atoms in total. The Labute approximate surface area is 68.4 Å². The highest BCUT2D eigenvalue weighted by Gasteiger charge is 2.27. The van der Waals surface area contributed by atoms with Gasteiger partial charge in [-0.3, -0.25) is 4.79 Å². The smallest absolute Gasteiger partial charge is 0.324 e. The van der Waals surface area contributed by atoms with Crippen LogP contribution in [-0.2, 0) is 20.3 Å². The average Bonchev–Trinajstić information content (AvgIpc) is 1.86. The molecule has 0 aromatic rings. The molecule has 11 heavy (non-hydrogen) atoms. The third-order valence-electron chi connectivity index (χ3n) is 1.58. The Morgan fingerprint density at radius 2 is 2.09 bits per heavy atom. The van der Waals surface area contributed by atoms with Gasteiger partial charge in [-0.05, 0) is 20.3 Å². The van der Waals surface area contributed by atoms with E-state index in [-0.39, 0.29) is 0 Å². The van der Waals surface area contributed by atoms with Gasteiger partial charge in [0.2, 0.25) is 0 Å². The van der Waals surface area contributed by atoms with E-state index in [0.29, 0.717) is 6.42 Å². The van der Waals surface area contributed by atoms with Crippen molar-refractivity contribution >= 4 is 17.3 Å². The van der Waals surface area contributed by atoms with Crippen molar-refractivity contribution in [3.05, 3.63) is 0 Å². The minimum Gasteiger partial charge on any atom is -0.740 e. The van der Waals surface area contributed by atoms with Crippen molar-refractivity contribution in [3.8, 4) is 0 Å². The summed E-state index contributed by atoms with van der Waals surface area (Å²) in [5, 5.41) is 0. The van der Waals surface area contributed by atoms with Gasteiger partial charge in [0.15, 0.2) is 0 Å². The van der Waals surface area contributed by atoms with E-state index in [0.717, 1.165) is 0 Å². The molecule has 0 aliphatic heterocycles. The molecule has 0 N–H and O–H groups in total. The Hall–Kier alpha value is -0.420. The van der Waals surface area contributed by atoms with Crippen LogP contribution in [0.2, 0.25) is 0 Å². The second-order valence-corrected chi connectivity index (χ2v) is 3.39. The Bertz CT molecular complexity index is 175. The number of carbonyl (C=O) groups excluding carboxylic acids is 1. The maximum absolute atomic E-state index is 10.9. The van der Waals surface area contributed by atoms with Gasteiger partial charge in [0.05, 0.1) is 5.41 Å². The van der Waals surface area contributed by atoms with Crippen LogP contribution < -0.4 is 0 Å². The average molecular weight is 179 g/mol. The van der Waals surface area contributed by atoms with Crippen LogP contribution in [0, 0.1) is 5.41 Å². The van der Waals surface area contributed by atoms with Crippen LogP contribution in [0.25, 0.3) is 0 Å². The fourth-order valence-electron chi connectivity index (χ4n) is 0.319. The Balaban J connectivity index is 4.13. The van der Waals surface area contributed by atoms with Gasteiger partial charge in [-0.15, -0.1) is 0 Å². The van der Waals surface area contributed by atoms with E-state index in [1.54, 1.807) is 20.8 Å². The summed E-state index contributed by atoms with van der Waals surface area (Å²) < 4.78 is 23.8. The van der Waals surface area contributed by atoms with Gasteiger partial charge >= 0.3 is 5.97 Å². The largest absolute Gasteiger partial charge is 0.740 e.